The number of hydrogen-bond acceptors (Lipinski definition) is 3. The molecule has 0 aromatic heterocycles. The Bertz CT molecular complexity index is 620. The predicted molar refractivity (Wildman–Crippen MR) is 85.1 cm³/mol. The van der Waals surface area contributed by atoms with Gasteiger partial charge in [-0.15, -0.1) is 0 Å². The fourth-order valence-corrected chi connectivity index (χ4v) is 2.82. The van der Waals surface area contributed by atoms with Crippen LogP contribution in [0.3, 0.4) is 0 Å². The fourth-order valence-electron chi connectivity index (χ4n) is 1.78. The maximum atomic E-state index is 12.0. The second-order valence-corrected chi connectivity index (χ2v) is 7.44. The molecule has 0 spiro atoms. The summed E-state index contributed by atoms with van der Waals surface area (Å²) < 4.78 is 24.2. The van der Waals surface area contributed by atoms with E-state index < -0.39 is 10.0 Å². The minimum atomic E-state index is -3.29. The zero-order chi connectivity index (χ0) is 16.2. The third-order valence-corrected chi connectivity index (χ3v) is 4.38. The normalized spacial score (nSPS) is 13.0. The second-order valence-electron chi connectivity index (χ2n) is 4.76. The summed E-state index contributed by atoms with van der Waals surface area (Å²) in [7, 11) is -1.63. The minimum absolute atomic E-state index is 0.0725. The van der Waals surface area contributed by atoms with E-state index in [0.717, 1.165) is 11.8 Å². The number of nitrogens with zero attached hydrogens (tertiary/aromatic N) is 1. The molecule has 1 N–H and O–H groups in total. The van der Waals surface area contributed by atoms with Crippen LogP contribution in [-0.4, -0.2) is 39.1 Å². The Balaban J connectivity index is 2.69. The highest BCUT2D eigenvalue weighted by atomic mass is 35.5. The van der Waals surface area contributed by atoms with Gasteiger partial charge in [0.15, 0.2) is 0 Å². The van der Waals surface area contributed by atoms with E-state index in [4.69, 9.17) is 23.2 Å². The lowest BCUT2D eigenvalue weighted by Crippen LogP contribution is -2.33. The molecule has 0 aliphatic heterocycles. The van der Waals surface area contributed by atoms with Crippen molar-refractivity contribution in [1.29, 1.82) is 0 Å². The maximum Gasteiger partial charge on any atom is 0.224 e. The van der Waals surface area contributed by atoms with Crippen LogP contribution in [0.4, 0.5) is 0 Å². The van der Waals surface area contributed by atoms with Crippen molar-refractivity contribution in [2.24, 2.45) is 0 Å². The van der Waals surface area contributed by atoms with Gasteiger partial charge in [0.2, 0.25) is 15.9 Å². The number of carbonyl (C=O) groups is 1. The molecule has 0 aliphatic carbocycles. The van der Waals surface area contributed by atoms with E-state index >= 15 is 0 Å². The minimum Gasteiger partial charge on any atom is -0.339 e. The van der Waals surface area contributed by atoms with Crippen LogP contribution in [-0.2, 0) is 14.8 Å². The Labute approximate surface area is 135 Å². The SMILES string of the molecule is C[C@@H](c1ccc(Cl)cc1Cl)N(C)C(=O)CCNS(C)(=O)=O. The van der Waals surface area contributed by atoms with E-state index in [1.807, 2.05) is 6.92 Å². The molecule has 0 heterocycles. The molecule has 0 saturated heterocycles. The molecule has 0 fully saturated rings. The Kier molecular flexibility index (Phi) is 6.46. The highest BCUT2D eigenvalue weighted by Crippen LogP contribution is 2.29. The molecule has 1 amide bonds. The van der Waals surface area contributed by atoms with Gasteiger partial charge in [0.25, 0.3) is 0 Å². The monoisotopic (exact) mass is 352 g/mol. The summed E-state index contributed by atoms with van der Waals surface area (Å²) in [6.45, 7) is 1.92. The number of carbonyl (C=O) groups excluding carboxylic acids is 1. The van der Waals surface area contributed by atoms with E-state index in [2.05, 4.69) is 4.72 Å². The van der Waals surface area contributed by atoms with Crippen LogP contribution in [0.5, 0.6) is 0 Å². The lowest BCUT2D eigenvalue weighted by atomic mass is 10.1. The van der Waals surface area contributed by atoms with Gasteiger partial charge in [-0.25, -0.2) is 13.1 Å². The standard InChI is InChI=1S/C13H18Cl2N2O3S/c1-9(11-5-4-10(14)8-12(11)15)17(2)13(18)6-7-16-21(3,19)20/h4-5,8-9,16H,6-7H2,1-3H3/t9-/m0/s1. The number of sulfonamides is 1. The van der Waals surface area contributed by atoms with Crippen LogP contribution in [0, 0.1) is 0 Å². The molecular weight excluding hydrogens is 335 g/mol. The van der Waals surface area contributed by atoms with Crippen molar-refractivity contribution >= 4 is 39.1 Å². The molecule has 0 bridgehead atoms. The zero-order valence-corrected chi connectivity index (χ0v) is 14.4. The molecule has 1 rings (SSSR count). The van der Waals surface area contributed by atoms with Crippen LogP contribution >= 0.6 is 23.2 Å². The van der Waals surface area contributed by atoms with Crippen molar-refractivity contribution in [3.8, 4) is 0 Å². The van der Waals surface area contributed by atoms with Crippen molar-refractivity contribution in [1.82, 2.24) is 9.62 Å². The van der Waals surface area contributed by atoms with Crippen LogP contribution in [0.1, 0.15) is 24.9 Å². The number of amides is 1. The number of benzene rings is 1. The Morgan fingerprint density at radius 1 is 1.38 bits per heavy atom. The summed E-state index contributed by atoms with van der Waals surface area (Å²) in [5.74, 6) is -0.176. The maximum absolute atomic E-state index is 12.0. The number of hydrogen-bond donors (Lipinski definition) is 1. The van der Waals surface area contributed by atoms with E-state index in [1.54, 1.807) is 25.2 Å². The molecule has 0 saturated carbocycles. The molecule has 5 nitrogen and oxygen atoms in total. The van der Waals surface area contributed by atoms with Crippen LogP contribution in [0.15, 0.2) is 18.2 Å². The van der Waals surface area contributed by atoms with Gasteiger partial charge in [0.1, 0.15) is 0 Å². The summed E-state index contributed by atoms with van der Waals surface area (Å²) in [6, 6.07) is 4.87. The first kappa shape index (κ1) is 18.2. The van der Waals surface area contributed by atoms with Gasteiger partial charge in [-0.05, 0) is 24.6 Å². The number of halogens is 2. The molecule has 0 aliphatic rings. The highest BCUT2D eigenvalue weighted by Gasteiger charge is 2.19. The first-order chi connectivity index (χ1) is 9.61. The Morgan fingerprint density at radius 3 is 2.52 bits per heavy atom. The second kappa shape index (κ2) is 7.45. The van der Waals surface area contributed by atoms with Crippen molar-refractivity contribution in [2.75, 3.05) is 19.8 Å². The summed E-state index contributed by atoms with van der Waals surface area (Å²) in [5, 5.41) is 1.02. The van der Waals surface area contributed by atoms with E-state index in [-0.39, 0.29) is 24.9 Å². The van der Waals surface area contributed by atoms with Gasteiger partial charge < -0.3 is 4.90 Å². The molecule has 1 atom stereocenters. The average Bonchev–Trinajstić information content (AvgIpc) is 2.35. The summed E-state index contributed by atoms with van der Waals surface area (Å²) >= 11 is 12.0. The van der Waals surface area contributed by atoms with E-state index in [0.29, 0.717) is 10.0 Å². The van der Waals surface area contributed by atoms with Crippen molar-refractivity contribution in [3.63, 3.8) is 0 Å². The summed E-state index contributed by atoms with van der Waals surface area (Å²) in [6.07, 6.45) is 1.14. The van der Waals surface area contributed by atoms with Crippen molar-refractivity contribution in [3.05, 3.63) is 33.8 Å². The molecule has 0 radical (unpaired) electrons. The zero-order valence-electron chi connectivity index (χ0n) is 12.1. The van der Waals surface area contributed by atoms with Gasteiger partial charge in [0.05, 0.1) is 12.3 Å². The Hall–Kier alpha value is -0.820. The summed E-state index contributed by atoms with van der Waals surface area (Å²) in [5.41, 5.74) is 0.785. The van der Waals surface area contributed by atoms with Gasteiger partial charge in [-0.1, -0.05) is 29.3 Å². The van der Waals surface area contributed by atoms with E-state index in [1.165, 1.54) is 4.90 Å². The molecule has 8 heteroatoms. The van der Waals surface area contributed by atoms with Crippen LogP contribution in [0.25, 0.3) is 0 Å². The smallest absolute Gasteiger partial charge is 0.224 e. The average molecular weight is 353 g/mol. The molecule has 0 unspecified atom stereocenters. The molecule has 1 aromatic rings. The van der Waals surface area contributed by atoms with Crippen molar-refractivity contribution < 1.29 is 13.2 Å². The largest absolute Gasteiger partial charge is 0.339 e. The lowest BCUT2D eigenvalue weighted by molar-refractivity contribution is -0.131. The van der Waals surface area contributed by atoms with Crippen LogP contribution in [0.2, 0.25) is 10.0 Å². The highest BCUT2D eigenvalue weighted by molar-refractivity contribution is 7.88. The molecule has 21 heavy (non-hydrogen) atoms. The lowest BCUT2D eigenvalue weighted by Gasteiger charge is -2.26. The third kappa shape index (κ3) is 5.82. The van der Waals surface area contributed by atoms with Gasteiger partial charge in [0, 0.05) is 30.1 Å². The topological polar surface area (TPSA) is 66.5 Å². The van der Waals surface area contributed by atoms with Crippen molar-refractivity contribution in [2.45, 2.75) is 19.4 Å². The first-order valence-electron chi connectivity index (χ1n) is 6.27. The van der Waals surface area contributed by atoms with Crippen LogP contribution < -0.4 is 4.72 Å². The predicted octanol–water partition coefficient (Wildman–Crippen LogP) is 2.45. The van der Waals surface area contributed by atoms with Gasteiger partial charge >= 0.3 is 0 Å². The summed E-state index contributed by atoms with van der Waals surface area (Å²) in [4.78, 5) is 13.6. The number of nitrogens with one attached hydrogen (secondary N) is 1. The molecule has 118 valence electrons. The molecular formula is C13H18Cl2N2O3S. The third-order valence-electron chi connectivity index (χ3n) is 3.09. The number of rotatable bonds is 6. The quantitative estimate of drug-likeness (QED) is 0.854. The first-order valence-corrected chi connectivity index (χ1v) is 8.92. The van der Waals surface area contributed by atoms with Gasteiger partial charge in [-0.2, -0.15) is 0 Å². The van der Waals surface area contributed by atoms with Gasteiger partial charge in [-0.3, -0.25) is 4.79 Å². The molecule has 1 aromatic carbocycles. The van der Waals surface area contributed by atoms with E-state index in [9.17, 15) is 13.2 Å². The Morgan fingerprint density at radius 2 is 2.00 bits per heavy atom. The fraction of sp³-hybridized carbons (Fsp3) is 0.462.